The second kappa shape index (κ2) is 6.33. The maximum absolute atomic E-state index is 12.7. The molecular formula is C18H23N3O2S. The summed E-state index contributed by atoms with van der Waals surface area (Å²) in [6.45, 7) is 6.80. The highest BCUT2D eigenvalue weighted by Gasteiger charge is 2.43. The molecule has 128 valence electrons. The van der Waals surface area contributed by atoms with Crippen molar-refractivity contribution in [3.63, 3.8) is 0 Å². The van der Waals surface area contributed by atoms with E-state index in [-0.39, 0.29) is 11.3 Å². The third kappa shape index (κ3) is 3.00. The highest BCUT2D eigenvalue weighted by molar-refractivity contribution is 7.09. The van der Waals surface area contributed by atoms with Crippen LogP contribution >= 0.6 is 11.3 Å². The molecule has 2 aromatic rings. The molecule has 2 aliphatic rings. The molecule has 6 heteroatoms. The predicted octanol–water partition coefficient (Wildman–Crippen LogP) is 3.17. The number of carbonyl (C=O) groups excluding carboxylic acids is 1. The standard InChI is InChI=1S/C18H23N3O2S/c1-14-16(10-19-23-14)17(22)21-8-6-18(13-21)5-3-7-20(12-18)11-15-4-2-9-24-15/h2,4,9-10H,3,5-8,11-13H2,1H3/t18-/m0/s1. The van der Waals surface area contributed by atoms with Crippen LogP contribution < -0.4 is 0 Å². The van der Waals surface area contributed by atoms with E-state index in [9.17, 15) is 4.79 Å². The van der Waals surface area contributed by atoms with Crippen LogP contribution in [0.1, 0.15) is 40.3 Å². The molecule has 0 aliphatic carbocycles. The van der Waals surface area contributed by atoms with Crippen LogP contribution in [-0.2, 0) is 6.54 Å². The van der Waals surface area contributed by atoms with Crippen LogP contribution in [-0.4, -0.2) is 47.0 Å². The lowest BCUT2D eigenvalue weighted by atomic mass is 9.79. The Labute approximate surface area is 146 Å². The van der Waals surface area contributed by atoms with E-state index in [2.05, 4.69) is 27.6 Å². The lowest BCUT2D eigenvalue weighted by molar-refractivity contribution is 0.0676. The summed E-state index contributed by atoms with van der Waals surface area (Å²) in [4.78, 5) is 18.7. The van der Waals surface area contributed by atoms with Crippen molar-refractivity contribution in [2.45, 2.75) is 32.7 Å². The number of nitrogens with zero attached hydrogens (tertiary/aromatic N) is 3. The van der Waals surface area contributed by atoms with Crippen molar-refractivity contribution in [2.24, 2.45) is 5.41 Å². The molecule has 2 aromatic heterocycles. The molecule has 0 unspecified atom stereocenters. The summed E-state index contributed by atoms with van der Waals surface area (Å²) in [7, 11) is 0. The number of piperidine rings is 1. The van der Waals surface area contributed by atoms with E-state index < -0.39 is 0 Å². The molecular weight excluding hydrogens is 322 g/mol. The molecule has 0 bridgehead atoms. The zero-order valence-corrected chi connectivity index (χ0v) is 14.8. The van der Waals surface area contributed by atoms with Gasteiger partial charge in [0.05, 0.1) is 6.20 Å². The van der Waals surface area contributed by atoms with E-state index in [4.69, 9.17) is 4.52 Å². The number of carbonyl (C=O) groups is 1. The Morgan fingerprint density at radius 1 is 1.38 bits per heavy atom. The SMILES string of the molecule is Cc1oncc1C(=O)N1CC[C@]2(CCCN(Cc3cccs3)C2)C1. The molecule has 4 rings (SSSR count). The highest BCUT2D eigenvalue weighted by Crippen LogP contribution is 2.40. The third-order valence-electron chi connectivity index (χ3n) is 5.41. The number of aryl methyl sites for hydroxylation is 1. The number of thiophene rings is 1. The Hall–Kier alpha value is -1.66. The average molecular weight is 345 g/mol. The summed E-state index contributed by atoms with van der Waals surface area (Å²) in [5.74, 6) is 0.685. The number of hydrogen-bond acceptors (Lipinski definition) is 5. The summed E-state index contributed by atoms with van der Waals surface area (Å²) in [6, 6.07) is 4.34. The van der Waals surface area contributed by atoms with Gasteiger partial charge in [0.15, 0.2) is 0 Å². The van der Waals surface area contributed by atoms with Gasteiger partial charge in [-0.3, -0.25) is 9.69 Å². The lowest BCUT2D eigenvalue weighted by Gasteiger charge is -2.40. The van der Waals surface area contributed by atoms with Crippen LogP contribution in [0.5, 0.6) is 0 Å². The Kier molecular flexibility index (Phi) is 4.18. The monoisotopic (exact) mass is 345 g/mol. The molecule has 0 N–H and O–H groups in total. The van der Waals surface area contributed by atoms with Gasteiger partial charge in [0, 0.05) is 36.5 Å². The van der Waals surface area contributed by atoms with Crippen LogP contribution in [0.15, 0.2) is 28.2 Å². The number of rotatable bonds is 3. The fourth-order valence-electron chi connectivity index (χ4n) is 4.18. The number of hydrogen-bond donors (Lipinski definition) is 0. The van der Waals surface area contributed by atoms with Crippen LogP contribution in [0, 0.1) is 12.3 Å². The fraction of sp³-hybridized carbons (Fsp3) is 0.556. The van der Waals surface area contributed by atoms with Gasteiger partial charge in [0.2, 0.25) is 0 Å². The first kappa shape index (κ1) is 15.8. The molecule has 4 heterocycles. The van der Waals surface area contributed by atoms with Gasteiger partial charge in [-0.15, -0.1) is 11.3 Å². The van der Waals surface area contributed by atoms with Crippen molar-refractivity contribution in [1.29, 1.82) is 0 Å². The topological polar surface area (TPSA) is 49.6 Å². The van der Waals surface area contributed by atoms with Crippen molar-refractivity contribution >= 4 is 17.2 Å². The predicted molar refractivity (Wildman–Crippen MR) is 93.0 cm³/mol. The maximum atomic E-state index is 12.7. The summed E-state index contributed by atoms with van der Waals surface area (Å²) < 4.78 is 5.05. The molecule has 0 radical (unpaired) electrons. The first-order valence-electron chi connectivity index (χ1n) is 8.61. The second-order valence-corrected chi connectivity index (χ2v) is 8.20. The minimum Gasteiger partial charge on any atom is -0.361 e. The first-order chi connectivity index (χ1) is 11.7. The second-order valence-electron chi connectivity index (χ2n) is 7.17. The minimum absolute atomic E-state index is 0.0704. The molecule has 24 heavy (non-hydrogen) atoms. The number of aromatic nitrogens is 1. The fourth-order valence-corrected chi connectivity index (χ4v) is 4.93. The van der Waals surface area contributed by atoms with E-state index in [0.717, 1.165) is 32.6 Å². The Balaban J connectivity index is 1.43. The third-order valence-corrected chi connectivity index (χ3v) is 6.27. The molecule has 1 amide bonds. The Bertz CT molecular complexity index is 712. The van der Waals surface area contributed by atoms with Gasteiger partial charge >= 0.3 is 0 Å². The summed E-state index contributed by atoms with van der Waals surface area (Å²) in [6.07, 6.45) is 5.09. The zero-order chi connectivity index (χ0) is 16.6. The molecule has 0 aromatic carbocycles. The van der Waals surface area contributed by atoms with Gasteiger partial charge in [-0.25, -0.2) is 0 Å². The van der Waals surface area contributed by atoms with E-state index in [1.807, 2.05) is 16.2 Å². The van der Waals surface area contributed by atoms with E-state index in [0.29, 0.717) is 11.3 Å². The highest BCUT2D eigenvalue weighted by atomic mass is 32.1. The van der Waals surface area contributed by atoms with Gasteiger partial charge in [-0.1, -0.05) is 11.2 Å². The molecule has 1 atom stereocenters. The van der Waals surface area contributed by atoms with Crippen LogP contribution in [0.3, 0.4) is 0 Å². The maximum Gasteiger partial charge on any atom is 0.259 e. The minimum atomic E-state index is 0.0704. The van der Waals surface area contributed by atoms with Crippen LogP contribution in [0.2, 0.25) is 0 Å². The molecule has 5 nitrogen and oxygen atoms in total. The van der Waals surface area contributed by atoms with E-state index >= 15 is 0 Å². The van der Waals surface area contributed by atoms with Gasteiger partial charge in [-0.05, 0) is 44.2 Å². The number of likely N-dealkylation sites (tertiary alicyclic amines) is 2. The van der Waals surface area contributed by atoms with Gasteiger partial charge < -0.3 is 9.42 Å². The van der Waals surface area contributed by atoms with Crippen LogP contribution in [0.4, 0.5) is 0 Å². The van der Waals surface area contributed by atoms with Crippen molar-refractivity contribution in [2.75, 3.05) is 26.2 Å². The first-order valence-corrected chi connectivity index (χ1v) is 9.49. The lowest BCUT2D eigenvalue weighted by Crippen LogP contribution is -2.44. The normalized spacial score (nSPS) is 24.8. The molecule has 2 saturated heterocycles. The molecule has 2 aliphatic heterocycles. The Morgan fingerprint density at radius 3 is 3.04 bits per heavy atom. The van der Waals surface area contributed by atoms with Crippen molar-refractivity contribution in [3.8, 4) is 0 Å². The summed E-state index contributed by atoms with van der Waals surface area (Å²) in [5, 5.41) is 5.89. The average Bonchev–Trinajstić information content (AvgIpc) is 3.29. The zero-order valence-electron chi connectivity index (χ0n) is 14.0. The van der Waals surface area contributed by atoms with Crippen molar-refractivity contribution in [1.82, 2.24) is 15.0 Å². The van der Waals surface area contributed by atoms with Crippen molar-refractivity contribution in [3.05, 3.63) is 39.9 Å². The number of amides is 1. The molecule has 2 fully saturated rings. The van der Waals surface area contributed by atoms with Gasteiger partial charge in [0.25, 0.3) is 5.91 Å². The quantitative estimate of drug-likeness (QED) is 0.857. The van der Waals surface area contributed by atoms with Gasteiger partial charge in [-0.2, -0.15) is 0 Å². The summed E-state index contributed by atoms with van der Waals surface area (Å²) in [5.41, 5.74) is 0.870. The van der Waals surface area contributed by atoms with E-state index in [1.54, 1.807) is 13.1 Å². The van der Waals surface area contributed by atoms with Gasteiger partial charge in [0.1, 0.15) is 11.3 Å². The summed E-state index contributed by atoms with van der Waals surface area (Å²) >= 11 is 1.83. The Morgan fingerprint density at radius 2 is 2.29 bits per heavy atom. The van der Waals surface area contributed by atoms with Crippen LogP contribution in [0.25, 0.3) is 0 Å². The van der Waals surface area contributed by atoms with E-state index in [1.165, 1.54) is 24.3 Å². The molecule has 0 saturated carbocycles. The molecule has 1 spiro atoms. The van der Waals surface area contributed by atoms with Crippen molar-refractivity contribution < 1.29 is 9.32 Å². The largest absolute Gasteiger partial charge is 0.361 e. The smallest absolute Gasteiger partial charge is 0.259 e.